The molecule has 0 aliphatic carbocycles. The zero-order chi connectivity index (χ0) is 16.1. The molecule has 0 bridgehead atoms. The molecule has 0 aliphatic heterocycles. The van der Waals surface area contributed by atoms with Gasteiger partial charge in [-0.1, -0.05) is 43.0 Å². The van der Waals surface area contributed by atoms with Crippen molar-refractivity contribution >= 4 is 10.8 Å². The van der Waals surface area contributed by atoms with Crippen LogP contribution >= 0.6 is 0 Å². The maximum atomic E-state index is 5.58. The molecule has 0 aliphatic rings. The lowest BCUT2D eigenvalue weighted by Gasteiger charge is -2.08. The number of ether oxygens (including phenoxy) is 2. The lowest BCUT2D eigenvalue weighted by Crippen LogP contribution is -1.92. The average molecular weight is 304 g/mol. The Hall–Kier alpha value is -2.74. The van der Waals surface area contributed by atoms with Crippen molar-refractivity contribution < 1.29 is 9.47 Å². The zero-order valence-electron chi connectivity index (χ0n) is 13.3. The summed E-state index contributed by atoms with van der Waals surface area (Å²) < 4.78 is 11.1. The van der Waals surface area contributed by atoms with Crippen LogP contribution in [0.5, 0.6) is 11.5 Å². The third-order valence-corrected chi connectivity index (χ3v) is 3.68. The van der Waals surface area contributed by atoms with E-state index in [-0.39, 0.29) is 0 Å². The molecule has 3 aromatic carbocycles. The van der Waals surface area contributed by atoms with E-state index in [1.165, 1.54) is 21.9 Å². The van der Waals surface area contributed by atoms with Gasteiger partial charge in [-0.2, -0.15) is 0 Å². The van der Waals surface area contributed by atoms with Gasteiger partial charge in [0.1, 0.15) is 18.1 Å². The maximum Gasteiger partial charge on any atom is 0.120 e. The van der Waals surface area contributed by atoms with Crippen LogP contribution in [0, 0.1) is 0 Å². The first-order valence-electron chi connectivity index (χ1n) is 7.81. The van der Waals surface area contributed by atoms with Crippen molar-refractivity contribution in [2.45, 2.75) is 6.92 Å². The van der Waals surface area contributed by atoms with E-state index in [1.54, 1.807) is 6.08 Å². The minimum Gasteiger partial charge on any atom is -0.494 e. The fourth-order valence-corrected chi connectivity index (χ4v) is 2.56. The van der Waals surface area contributed by atoms with E-state index in [0.29, 0.717) is 13.2 Å². The minimum absolute atomic E-state index is 0.524. The summed E-state index contributed by atoms with van der Waals surface area (Å²) in [7, 11) is 0. The molecule has 0 spiro atoms. The fourth-order valence-electron chi connectivity index (χ4n) is 2.56. The molecule has 2 heteroatoms. The second kappa shape index (κ2) is 7.01. The molecule has 0 heterocycles. The molecule has 0 N–H and O–H groups in total. The summed E-state index contributed by atoms with van der Waals surface area (Å²) in [6.45, 7) is 6.87. The average Bonchev–Trinajstić information content (AvgIpc) is 2.60. The Labute approximate surface area is 137 Å². The summed E-state index contributed by atoms with van der Waals surface area (Å²) in [4.78, 5) is 0. The van der Waals surface area contributed by atoms with Gasteiger partial charge < -0.3 is 9.47 Å². The molecule has 0 saturated carbocycles. The SMILES string of the molecule is C=CCOc1ccc2cc(-c3ccc(OCC)cc3)ccc2c1. The van der Waals surface area contributed by atoms with Gasteiger partial charge in [0.05, 0.1) is 6.61 Å². The number of fused-ring (bicyclic) bond motifs is 1. The van der Waals surface area contributed by atoms with Crippen LogP contribution in [0.1, 0.15) is 6.92 Å². The van der Waals surface area contributed by atoms with Gasteiger partial charge in [-0.3, -0.25) is 0 Å². The smallest absolute Gasteiger partial charge is 0.120 e. The first-order valence-corrected chi connectivity index (χ1v) is 7.81. The highest BCUT2D eigenvalue weighted by Crippen LogP contribution is 2.28. The van der Waals surface area contributed by atoms with Crippen LogP contribution < -0.4 is 9.47 Å². The quantitative estimate of drug-likeness (QED) is 0.562. The Morgan fingerprint density at radius 2 is 1.43 bits per heavy atom. The van der Waals surface area contributed by atoms with Crippen LogP contribution in [0.25, 0.3) is 21.9 Å². The topological polar surface area (TPSA) is 18.5 Å². The van der Waals surface area contributed by atoms with Crippen LogP contribution in [-0.4, -0.2) is 13.2 Å². The Morgan fingerprint density at radius 3 is 2.17 bits per heavy atom. The second-order valence-corrected chi connectivity index (χ2v) is 5.28. The molecule has 3 rings (SSSR count). The van der Waals surface area contributed by atoms with Gasteiger partial charge in [0.25, 0.3) is 0 Å². The van der Waals surface area contributed by atoms with Crippen LogP contribution in [0.3, 0.4) is 0 Å². The van der Waals surface area contributed by atoms with Gasteiger partial charge in [0.2, 0.25) is 0 Å². The molecular weight excluding hydrogens is 284 g/mol. The third-order valence-electron chi connectivity index (χ3n) is 3.68. The molecular formula is C21H20O2. The Kier molecular flexibility index (Phi) is 4.62. The molecule has 116 valence electrons. The van der Waals surface area contributed by atoms with Gasteiger partial charge in [-0.15, -0.1) is 0 Å². The normalized spacial score (nSPS) is 10.5. The molecule has 0 saturated heterocycles. The van der Waals surface area contributed by atoms with Crippen LogP contribution in [0.15, 0.2) is 73.3 Å². The molecule has 2 nitrogen and oxygen atoms in total. The highest BCUT2D eigenvalue weighted by atomic mass is 16.5. The first kappa shape index (κ1) is 15.2. The summed E-state index contributed by atoms with van der Waals surface area (Å²) >= 11 is 0. The molecule has 0 unspecified atom stereocenters. The summed E-state index contributed by atoms with van der Waals surface area (Å²) in [5, 5.41) is 2.36. The summed E-state index contributed by atoms with van der Waals surface area (Å²) in [6.07, 6.45) is 1.75. The molecule has 23 heavy (non-hydrogen) atoms. The van der Waals surface area contributed by atoms with E-state index in [4.69, 9.17) is 9.47 Å². The van der Waals surface area contributed by atoms with Crippen molar-refractivity contribution in [1.82, 2.24) is 0 Å². The van der Waals surface area contributed by atoms with Crippen molar-refractivity contribution in [1.29, 1.82) is 0 Å². The lowest BCUT2D eigenvalue weighted by atomic mass is 10.0. The van der Waals surface area contributed by atoms with E-state index >= 15 is 0 Å². The molecule has 0 fully saturated rings. The molecule has 0 radical (unpaired) electrons. The van der Waals surface area contributed by atoms with E-state index in [0.717, 1.165) is 11.5 Å². The molecule has 0 atom stereocenters. The first-order chi connectivity index (χ1) is 11.3. The predicted octanol–water partition coefficient (Wildman–Crippen LogP) is 5.47. The van der Waals surface area contributed by atoms with Crippen LogP contribution in [0.2, 0.25) is 0 Å². The monoisotopic (exact) mass is 304 g/mol. The number of benzene rings is 3. The highest BCUT2D eigenvalue weighted by molar-refractivity contribution is 5.88. The van der Waals surface area contributed by atoms with Crippen LogP contribution in [-0.2, 0) is 0 Å². The van der Waals surface area contributed by atoms with Gasteiger partial charge in [0.15, 0.2) is 0 Å². The molecule has 0 amide bonds. The zero-order valence-corrected chi connectivity index (χ0v) is 13.3. The van der Waals surface area contributed by atoms with E-state index in [2.05, 4.69) is 49.0 Å². The molecule has 3 aromatic rings. The Balaban J connectivity index is 1.88. The van der Waals surface area contributed by atoms with Crippen molar-refractivity contribution in [3.63, 3.8) is 0 Å². The van der Waals surface area contributed by atoms with Crippen LogP contribution in [0.4, 0.5) is 0 Å². The van der Waals surface area contributed by atoms with E-state index in [1.807, 2.05) is 25.1 Å². The summed E-state index contributed by atoms with van der Waals surface area (Å²) in [5.41, 5.74) is 2.38. The fraction of sp³-hybridized carbons (Fsp3) is 0.143. The number of rotatable bonds is 6. The maximum absolute atomic E-state index is 5.58. The number of hydrogen-bond acceptors (Lipinski definition) is 2. The summed E-state index contributed by atoms with van der Waals surface area (Å²) in [6, 6.07) is 20.8. The largest absolute Gasteiger partial charge is 0.494 e. The number of hydrogen-bond donors (Lipinski definition) is 0. The minimum atomic E-state index is 0.524. The lowest BCUT2D eigenvalue weighted by molar-refractivity contribution is 0.340. The molecule has 0 aromatic heterocycles. The Morgan fingerprint density at radius 1 is 0.783 bits per heavy atom. The van der Waals surface area contributed by atoms with Gasteiger partial charge in [0, 0.05) is 0 Å². The highest BCUT2D eigenvalue weighted by Gasteiger charge is 2.02. The standard InChI is InChI=1S/C21H20O2/c1-3-13-23-21-12-9-18-14-17(5-6-19(18)15-21)16-7-10-20(11-8-16)22-4-2/h3,5-12,14-15H,1,4,13H2,2H3. The van der Waals surface area contributed by atoms with Gasteiger partial charge >= 0.3 is 0 Å². The van der Waals surface area contributed by atoms with Crippen molar-refractivity contribution in [3.05, 3.63) is 73.3 Å². The van der Waals surface area contributed by atoms with Crippen molar-refractivity contribution in [2.75, 3.05) is 13.2 Å². The third kappa shape index (κ3) is 3.54. The Bertz CT molecular complexity index is 804. The van der Waals surface area contributed by atoms with Crippen molar-refractivity contribution in [2.24, 2.45) is 0 Å². The van der Waals surface area contributed by atoms with Gasteiger partial charge in [-0.05, 0) is 59.2 Å². The predicted molar refractivity (Wildman–Crippen MR) is 96.2 cm³/mol. The van der Waals surface area contributed by atoms with E-state index in [9.17, 15) is 0 Å². The van der Waals surface area contributed by atoms with Crippen molar-refractivity contribution in [3.8, 4) is 22.6 Å². The second-order valence-electron chi connectivity index (χ2n) is 5.28. The summed E-state index contributed by atoms with van der Waals surface area (Å²) in [5.74, 6) is 1.77. The van der Waals surface area contributed by atoms with Gasteiger partial charge in [-0.25, -0.2) is 0 Å². The van der Waals surface area contributed by atoms with E-state index < -0.39 is 0 Å².